The van der Waals surface area contributed by atoms with Crippen LogP contribution in [0.4, 0.5) is 0 Å². The van der Waals surface area contributed by atoms with Crippen LogP contribution < -0.4 is 5.32 Å². The lowest BCUT2D eigenvalue weighted by atomic mass is 9.80. The van der Waals surface area contributed by atoms with Crippen LogP contribution in [0, 0.1) is 17.8 Å². The van der Waals surface area contributed by atoms with Crippen molar-refractivity contribution in [3.63, 3.8) is 0 Å². The Morgan fingerprint density at radius 1 is 1.04 bits per heavy atom. The Balaban J connectivity index is 1.31. The van der Waals surface area contributed by atoms with Crippen LogP contribution in [0.25, 0.3) is 0 Å². The second-order valence-electron chi connectivity index (χ2n) is 9.36. The van der Waals surface area contributed by atoms with Gasteiger partial charge in [-0.2, -0.15) is 0 Å². The van der Waals surface area contributed by atoms with Gasteiger partial charge in [-0.25, -0.2) is 0 Å². The highest BCUT2D eigenvalue weighted by Gasteiger charge is 2.30. The molecule has 2 aliphatic heterocycles. The molecule has 3 heterocycles. The number of amides is 1. The normalized spacial score (nSPS) is 27.1. The predicted molar refractivity (Wildman–Crippen MR) is 110 cm³/mol. The number of nitrogens with one attached hydrogen (secondary N) is 1. The Bertz CT molecular complexity index is 617. The third-order valence-electron chi connectivity index (χ3n) is 7.20. The Morgan fingerprint density at radius 3 is 2.64 bits per heavy atom. The van der Waals surface area contributed by atoms with Crippen LogP contribution in [0.1, 0.15) is 75.7 Å². The molecule has 0 unspecified atom stereocenters. The molecular formula is C23H37N3O2. The van der Waals surface area contributed by atoms with Crippen molar-refractivity contribution in [2.45, 2.75) is 77.0 Å². The van der Waals surface area contributed by atoms with E-state index in [1.165, 1.54) is 51.4 Å². The second-order valence-corrected chi connectivity index (χ2v) is 9.36. The van der Waals surface area contributed by atoms with E-state index in [4.69, 9.17) is 4.52 Å². The molecule has 5 nitrogen and oxygen atoms in total. The van der Waals surface area contributed by atoms with Crippen LogP contribution in [0.15, 0.2) is 10.6 Å². The van der Waals surface area contributed by atoms with Crippen molar-refractivity contribution in [3.05, 3.63) is 17.5 Å². The van der Waals surface area contributed by atoms with Crippen molar-refractivity contribution in [1.29, 1.82) is 0 Å². The first-order chi connectivity index (χ1) is 13.8. The average molecular weight is 388 g/mol. The van der Waals surface area contributed by atoms with Gasteiger partial charge in [-0.1, -0.05) is 37.3 Å². The summed E-state index contributed by atoms with van der Waals surface area (Å²) >= 11 is 0. The Labute approximate surface area is 169 Å². The number of carbonyl (C=O) groups is 1. The van der Waals surface area contributed by atoms with Gasteiger partial charge in [-0.15, -0.1) is 0 Å². The fourth-order valence-corrected chi connectivity index (χ4v) is 5.47. The first kappa shape index (κ1) is 19.9. The molecule has 4 rings (SSSR count). The van der Waals surface area contributed by atoms with E-state index in [0.29, 0.717) is 24.2 Å². The number of carbonyl (C=O) groups excluding carboxylic acids is 1. The van der Waals surface area contributed by atoms with E-state index in [1.54, 1.807) is 0 Å². The van der Waals surface area contributed by atoms with E-state index in [-0.39, 0.29) is 0 Å². The maximum Gasteiger partial charge on any atom is 0.222 e. The summed E-state index contributed by atoms with van der Waals surface area (Å²) in [5.41, 5.74) is 1.08. The lowest BCUT2D eigenvalue weighted by Gasteiger charge is -2.34. The molecule has 2 saturated heterocycles. The molecule has 156 valence electrons. The number of likely N-dealkylation sites (tertiary alicyclic amines) is 1. The van der Waals surface area contributed by atoms with Crippen LogP contribution in [0.2, 0.25) is 0 Å². The van der Waals surface area contributed by atoms with Crippen LogP contribution >= 0.6 is 0 Å². The highest BCUT2D eigenvalue weighted by molar-refractivity contribution is 5.76. The smallest absolute Gasteiger partial charge is 0.222 e. The molecule has 1 aromatic rings. The fourth-order valence-electron chi connectivity index (χ4n) is 5.47. The topological polar surface area (TPSA) is 58.4 Å². The first-order valence-electron chi connectivity index (χ1n) is 11.7. The molecule has 0 spiro atoms. The summed E-state index contributed by atoms with van der Waals surface area (Å²) < 4.78 is 5.67. The van der Waals surface area contributed by atoms with E-state index >= 15 is 0 Å². The fraction of sp³-hybridized carbons (Fsp3) is 0.826. The number of hydrogen-bond donors (Lipinski definition) is 1. The van der Waals surface area contributed by atoms with Gasteiger partial charge < -0.3 is 14.7 Å². The van der Waals surface area contributed by atoms with Crippen LogP contribution in [-0.4, -0.2) is 42.1 Å². The summed E-state index contributed by atoms with van der Waals surface area (Å²) in [5.74, 6) is 3.16. The summed E-state index contributed by atoms with van der Waals surface area (Å²) in [6, 6.07) is 2.19. The largest absolute Gasteiger partial charge is 0.361 e. The van der Waals surface area contributed by atoms with Crippen molar-refractivity contribution < 1.29 is 9.32 Å². The van der Waals surface area contributed by atoms with E-state index in [0.717, 1.165) is 62.8 Å². The minimum absolute atomic E-state index is 0.370. The summed E-state index contributed by atoms with van der Waals surface area (Å²) in [4.78, 5) is 14.9. The van der Waals surface area contributed by atoms with Crippen LogP contribution in [-0.2, 0) is 17.6 Å². The van der Waals surface area contributed by atoms with Gasteiger partial charge in [0.1, 0.15) is 5.76 Å². The zero-order valence-corrected chi connectivity index (χ0v) is 17.3. The number of nitrogens with zero attached hydrogens (tertiary/aromatic N) is 2. The minimum atomic E-state index is 0.370. The van der Waals surface area contributed by atoms with Crippen molar-refractivity contribution in [2.75, 3.05) is 26.2 Å². The van der Waals surface area contributed by atoms with Gasteiger partial charge in [0.15, 0.2) is 0 Å². The summed E-state index contributed by atoms with van der Waals surface area (Å²) in [6.07, 6.45) is 14.2. The lowest BCUT2D eigenvalue weighted by Crippen LogP contribution is -2.42. The summed E-state index contributed by atoms with van der Waals surface area (Å²) in [7, 11) is 0. The Morgan fingerprint density at radius 2 is 1.82 bits per heavy atom. The first-order valence-corrected chi connectivity index (χ1v) is 11.7. The van der Waals surface area contributed by atoms with E-state index in [1.807, 2.05) is 0 Å². The Hall–Kier alpha value is -1.36. The maximum atomic E-state index is 12.8. The molecule has 0 bridgehead atoms. The number of hydrogen-bond acceptors (Lipinski definition) is 4. The van der Waals surface area contributed by atoms with Gasteiger partial charge >= 0.3 is 0 Å². The van der Waals surface area contributed by atoms with Crippen LogP contribution in [0.5, 0.6) is 0 Å². The third kappa shape index (κ3) is 5.37. The number of piperidine rings is 2. The van der Waals surface area contributed by atoms with Gasteiger partial charge in [0, 0.05) is 32.0 Å². The molecule has 1 N–H and O–H groups in total. The summed E-state index contributed by atoms with van der Waals surface area (Å²) in [6.45, 7) is 3.94. The van der Waals surface area contributed by atoms with Crippen LogP contribution in [0.3, 0.4) is 0 Å². The standard InChI is InChI=1S/C23H37N3O2/c27-23(26-11-5-2-6-12-26)15-19-9-10-24-17-20(19)14-21-16-22(28-25-21)13-18-7-3-1-4-8-18/h16,18-20,24H,1-15,17H2/t19-,20-/m0/s1. The molecule has 1 aromatic heterocycles. The SMILES string of the molecule is O=C(C[C@@H]1CCNC[C@@H]1Cc1cc(CC2CCCCC2)on1)N1CCCCC1. The number of rotatable bonds is 6. The third-order valence-corrected chi connectivity index (χ3v) is 7.20. The summed E-state index contributed by atoms with van der Waals surface area (Å²) in [5, 5.41) is 7.91. The van der Waals surface area contributed by atoms with Gasteiger partial charge in [-0.05, 0) is 62.9 Å². The predicted octanol–water partition coefficient (Wildman–Crippen LogP) is 3.97. The van der Waals surface area contributed by atoms with E-state index in [2.05, 4.69) is 21.4 Å². The van der Waals surface area contributed by atoms with Crippen molar-refractivity contribution >= 4 is 5.91 Å². The quantitative estimate of drug-likeness (QED) is 0.802. The van der Waals surface area contributed by atoms with Gasteiger partial charge in [0.05, 0.1) is 5.69 Å². The lowest BCUT2D eigenvalue weighted by molar-refractivity contribution is -0.133. The zero-order valence-electron chi connectivity index (χ0n) is 17.3. The molecule has 1 amide bonds. The van der Waals surface area contributed by atoms with Gasteiger partial charge in [0.2, 0.25) is 5.91 Å². The molecule has 0 aromatic carbocycles. The van der Waals surface area contributed by atoms with Gasteiger partial charge in [-0.3, -0.25) is 4.79 Å². The molecule has 2 atom stereocenters. The van der Waals surface area contributed by atoms with Gasteiger partial charge in [0.25, 0.3) is 0 Å². The molecule has 3 aliphatic rings. The second kappa shape index (κ2) is 9.91. The molecule has 5 heteroatoms. The average Bonchev–Trinajstić information content (AvgIpc) is 3.17. The van der Waals surface area contributed by atoms with E-state index < -0.39 is 0 Å². The minimum Gasteiger partial charge on any atom is -0.361 e. The molecule has 0 radical (unpaired) electrons. The van der Waals surface area contributed by atoms with Crippen molar-refractivity contribution in [2.24, 2.45) is 17.8 Å². The molecule has 28 heavy (non-hydrogen) atoms. The molecular weight excluding hydrogens is 350 g/mol. The monoisotopic (exact) mass is 387 g/mol. The van der Waals surface area contributed by atoms with Crippen molar-refractivity contribution in [3.8, 4) is 0 Å². The maximum absolute atomic E-state index is 12.8. The highest BCUT2D eigenvalue weighted by Crippen LogP contribution is 2.29. The Kier molecular flexibility index (Phi) is 7.05. The van der Waals surface area contributed by atoms with E-state index in [9.17, 15) is 4.79 Å². The zero-order chi connectivity index (χ0) is 19.2. The van der Waals surface area contributed by atoms with Crippen molar-refractivity contribution in [1.82, 2.24) is 15.4 Å². The number of aromatic nitrogens is 1. The molecule has 1 aliphatic carbocycles. The molecule has 3 fully saturated rings. The molecule has 1 saturated carbocycles. The highest BCUT2D eigenvalue weighted by atomic mass is 16.5.